The maximum atomic E-state index is 12.1. The van der Waals surface area contributed by atoms with Crippen molar-refractivity contribution in [3.05, 3.63) is 53.0 Å². The first kappa shape index (κ1) is 18.4. The zero-order valence-corrected chi connectivity index (χ0v) is 16.3. The zero-order valence-electron chi connectivity index (χ0n) is 13.9. The number of carbonyl (C=O) groups excluding carboxylic acids is 1. The lowest BCUT2D eigenvalue weighted by molar-refractivity contribution is -0.115. The van der Waals surface area contributed by atoms with Gasteiger partial charge in [-0.15, -0.1) is 5.10 Å². The van der Waals surface area contributed by atoms with E-state index in [-0.39, 0.29) is 5.91 Å². The third kappa shape index (κ3) is 4.83. The van der Waals surface area contributed by atoms with Gasteiger partial charge in [0.15, 0.2) is 0 Å². The van der Waals surface area contributed by atoms with E-state index < -0.39 is 0 Å². The van der Waals surface area contributed by atoms with E-state index in [0.717, 1.165) is 21.6 Å². The number of hydrogen-bond donors (Lipinski definition) is 1. The van der Waals surface area contributed by atoms with Gasteiger partial charge in [0.2, 0.25) is 11.1 Å². The Kier molecular flexibility index (Phi) is 6.24. The topological polar surface area (TPSA) is 81.9 Å². The van der Waals surface area contributed by atoms with E-state index >= 15 is 0 Å². The molecule has 134 valence electrons. The number of tetrazole rings is 1. The van der Waals surface area contributed by atoms with Gasteiger partial charge in [-0.2, -0.15) is 4.68 Å². The summed E-state index contributed by atoms with van der Waals surface area (Å²) < 4.78 is 7.73. The summed E-state index contributed by atoms with van der Waals surface area (Å²) in [4.78, 5) is 12.1. The predicted octanol–water partition coefficient (Wildman–Crippen LogP) is 3.55. The van der Waals surface area contributed by atoms with Crippen molar-refractivity contribution < 1.29 is 9.53 Å². The smallest absolute Gasteiger partial charge is 0.225 e. The standard InChI is InChI=1S/C17H16BrN5O2S/c1-25-15-8-4-13(5-9-15)19-16(24)10-11-26-17-20-21-22-23(17)14-6-2-12(18)3-7-14/h2-9H,10-11H2,1H3,(H,19,24). The molecule has 3 rings (SSSR count). The number of nitrogens with zero attached hydrogens (tertiary/aromatic N) is 4. The Bertz CT molecular complexity index is 868. The van der Waals surface area contributed by atoms with Crippen LogP contribution in [0.4, 0.5) is 5.69 Å². The molecule has 9 heteroatoms. The highest BCUT2D eigenvalue weighted by Crippen LogP contribution is 2.21. The highest BCUT2D eigenvalue weighted by Gasteiger charge is 2.10. The number of hydrogen-bond acceptors (Lipinski definition) is 6. The number of rotatable bonds is 7. The fourth-order valence-corrected chi connectivity index (χ4v) is 3.24. The Hall–Kier alpha value is -2.39. The molecule has 0 saturated heterocycles. The Labute approximate surface area is 163 Å². The molecule has 0 unspecified atom stereocenters. The van der Waals surface area contributed by atoms with Crippen LogP contribution in [-0.2, 0) is 4.79 Å². The lowest BCUT2D eigenvalue weighted by Crippen LogP contribution is -2.12. The van der Waals surface area contributed by atoms with Crippen LogP contribution in [0.3, 0.4) is 0 Å². The van der Waals surface area contributed by atoms with Crippen molar-refractivity contribution in [1.82, 2.24) is 20.2 Å². The first-order valence-corrected chi connectivity index (χ1v) is 9.54. The summed E-state index contributed by atoms with van der Waals surface area (Å²) in [7, 11) is 1.60. The lowest BCUT2D eigenvalue weighted by Gasteiger charge is -2.06. The summed E-state index contributed by atoms with van der Waals surface area (Å²) >= 11 is 4.83. The number of nitrogens with one attached hydrogen (secondary N) is 1. The second-order valence-electron chi connectivity index (χ2n) is 5.22. The van der Waals surface area contributed by atoms with Crippen molar-refractivity contribution in [2.45, 2.75) is 11.6 Å². The zero-order chi connectivity index (χ0) is 18.4. The molecule has 3 aromatic rings. The minimum Gasteiger partial charge on any atom is -0.497 e. The average molecular weight is 434 g/mol. The molecule has 0 aliphatic rings. The first-order chi connectivity index (χ1) is 12.7. The minimum atomic E-state index is -0.0645. The SMILES string of the molecule is COc1ccc(NC(=O)CCSc2nnnn2-c2ccc(Br)cc2)cc1. The van der Waals surface area contributed by atoms with E-state index in [1.54, 1.807) is 36.1 Å². The number of halogens is 1. The number of aromatic nitrogens is 4. The minimum absolute atomic E-state index is 0.0645. The van der Waals surface area contributed by atoms with Crippen molar-refractivity contribution in [2.24, 2.45) is 0 Å². The number of anilines is 1. The largest absolute Gasteiger partial charge is 0.497 e. The number of benzene rings is 2. The van der Waals surface area contributed by atoms with Crippen LogP contribution in [-0.4, -0.2) is 39.0 Å². The molecule has 1 N–H and O–H groups in total. The van der Waals surface area contributed by atoms with E-state index in [0.29, 0.717) is 17.3 Å². The number of ether oxygens (including phenoxy) is 1. The number of methoxy groups -OCH3 is 1. The summed E-state index contributed by atoms with van der Waals surface area (Å²) in [5.74, 6) is 1.25. The highest BCUT2D eigenvalue weighted by molar-refractivity contribution is 9.10. The molecule has 1 aromatic heterocycles. The van der Waals surface area contributed by atoms with Crippen LogP contribution in [0.5, 0.6) is 5.75 Å². The second kappa shape index (κ2) is 8.81. The van der Waals surface area contributed by atoms with Gasteiger partial charge < -0.3 is 10.1 Å². The number of carbonyl (C=O) groups is 1. The van der Waals surface area contributed by atoms with Gasteiger partial charge in [0, 0.05) is 22.3 Å². The summed E-state index contributed by atoms with van der Waals surface area (Å²) in [5, 5.41) is 15.2. The molecule has 0 fully saturated rings. The molecule has 1 heterocycles. The maximum Gasteiger partial charge on any atom is 0.225 e. The number of thioether (sulfide) groups is 1. The van der Waals surface area contributed by atoms with Crippen molar-refractivity contribution in [3.8, 4) is 11.4 Å². The van der Waals surface area contributed by atoms with Crippen LogP contribution in [0.2, 0.25) is 0 Å². The van der Waals surface area contributed by atoms with Gasteiger partial charge >= 0.3 is 0 Å². The van der Waals surface area contributed by atoms with Crippen LogP contribution >= 0.6 is 27.7 Å². The van der Waals surface area contributed by atoms with E-state index in [1.807, 2.05) is 24.3 Å². The summed E-state index contributed by atoms with van der Waals surface area (Å²) in [5.41, 5.74) is 1.60. The van der Waals surface area contributed by atoms with E-state index in [1.165, 1.54) is 11.8 Å². The van der Waals surface area contributed by atoms with Crippen molar-refractivity contribution in [3.63, 3.8) is 0 Å². The summed E-state index contributed by atoms with van der Waals surface area (Å²) in [6.45, 7) is 0. The van der Waals surface area contributed by atoms with Crippen LogP contribution in [0, 0.1) is 0 Å². The molecule has 0 aliphatic heterocycles. The molecule has 0 spiro atoms. The molecule has 2 aromatic carbocycles. The van der Waals surface area contributed by atoms with Crippen LogP contribution < -0.4 is 10.1 Å². The normalized spacial score (nSPS) is 10.5. The molecule has 7 nitrogen and oxygen atoms in total. The first-order valence-electron chi connectivity index (χ1n) is 7.77. The van der Waals surface area contributed by atoms with Gasteiger partial charge in [-0.05, 0) is 59.0 Å². The lowest BCUT2D eigenvalue weighted by atomic mass is 10.3. The Morgan fingerprint density at radius 2 is 1.92 bits per heavy atom. The second-order valence-corrected chi connectivity index (χ2v) is 7.20. The predicted molar refractivity (Wildman–Crippen MR) is 104 cm³/mol. The fourth-order valence-electron chi connectivity index (χ4n) is 2.15. The molecule has 1 amide bonds. The number of amides is 1. The molecule has 0 radical (unpaired) electrons. The Balaban J connectivity index is 1.52. The quantitative estimate of drug-likeness (QED) is 0.573. The third-order valence-electron chi connectivity index (χ3n) is 3.45. The van der Waals surface area contributed by atoms with Gasteiger partial charge in [0.1, 0.15) is 5.75 Å². The summed E-state index contributed by atoms with van der Waals surface area (Å²) in [6.07, 6.45) is 0.351. The monoisotopic (exact) mass is 433 g/mol. The summed E-state index contributed by atoms with van der Waals surface area (Å²) in [6, 6.07) is 14.9. The van der Waals surface area contributed by atoms with Gasteiger partial charge in [0.05, 0.1) is 12.8 Å². The molecular weight excluding hydrogens is 418 g/mol. The van der Waals surface area contributed by atoms with Gasteiger partial charge in [-0.25, -0.2) is 0 Å². The van der Waals surface area contributed by atoms with Crippen molar-refractivity contribution in [2.75, 3.05) is 18.2 Å². The van der Waals surface area contributed by atoms with Crippen molar-refractivity contribution >= 4 is 39.3 Å². The average Bonchev–Trinajstić information content (AvgIpc) is 3.11. The Morgan fingerprint density at radius 1 is 1.19 bits per heavy atom. The third-order valence-corrected chi connectivity index (χ3v) is 4.90. The van der Waals surface area contributed by atoms with Crippen molar-refractivity contribution in [1.29, 1.82) is 0 Å². The molecule has 0 bridgehead atoms. The van der Waals surface area contributed by atoms with E-state index in [4.69, 9.17) is 4.74 Å². The van der Waals surface area contributed by atoms with Crippen LogP contribution in [0.1, 0.15) is 6.42 Å². The van der Waals surface area contributed by atoms with E-state index in [2.05, 4.69) is 36.8 Å². The molecular formula is C17H16BrN5O2S. The maximum absolute atomic E-state index is 12.1. The molecule has 0 atom stereocenters. The Morgan fingerprint density at radius 3 is 2.62 bits per heavy atom. The van der Waals surface area contributed by atoms with Crippen LogP contribution in [0.15, 0.2) is 58.2 Å². The highest BCUT2D eigenvalue weighted by atomic mass is 79.9. The fraction of sp³-hybridized carbons (Fsp3) is 0.176. The van der Waals surface area contributed by atoms with Gasteiger partial charge in [-0.3, -0.25) is 4.79 Å². The van der Waals surface area contributed by atoms with Crippen LogP contribution in [0.25, 0.3) is 5.69 Å². The van der Waals surface area contributed by atoms with Gasteiger partial charge in [0.25, 0.3) is 0 Å². The van der Waals surface area contributed by atoms with E-state index in [9.17, 15) is 4.79 Å². The molecule has 0 aliphatic carbocycles. The molecule has 26 heavy (non-hydrogen) atoms. The van der Waals surface area contributed by atoms with Gasteiger partial charge in [-0.1, -0.05) is 27.7 Å². The molecule has 0 saturated carbocycles.